The summed E-state index contributed by atoms with van der Waals surface area (Å²) in [5, 5.41) is 7.43. The van der Waals surface area contributed by atoms with Gasteiger partial charge in [0.2, 0.25) is 0 Å². The Labute approximate surface area is 167 Å². The minimum absolute atomic E-state index is 0.0154. The molecule has 0 saturated carbocycles. The topological polar surface area (TPSA) is 106 Å². The lowest BCUT2D eigenvalue weighted by Gasteiger charge is -2.17. The molecule has 0 spiro atoms. The van der Waals surface area contributed by atoms with E-state index in [0.717, 1.165) is 4.90 Å². The van der Waals surface area contributed by atoms with Gasteiger partial charge in [-0.1, -0.05) is 6.07 Å². The van der Waals surface area contributed by atoms with E-state index < -0.39 is 6.09 Å². The lowest BCUT2D eigenvalue weighted by atomic mass is 10.2. The van der Waals surface area contributed by atoms with Crippen LogP contribution in [0.3, 0.4) is 0 Å². The van der Waals surface area contributed by atoms with E-state index in [2.05, 4.69) is 0 Å². The van der Waals surface area contributed by atoms with Crippen LogP contribution in [0.4, 0.5) is 10.5 Å². The molecule has 0 aliphatic carbocycles. The van der Waals surface area contributed by atoms with Crippen molar-refractivity contribution in [3.05, 3.63) is 59.7 Å². The number of hydrogen-bond donors (Lipinski definition) is 2. The van der Waals surface area contributed by atoms with E-state index in [0.29, 0.717) is 23.4 Å². The van der Waals surface area contributed by atoms with Crippen molar-refractivity contribution in [1.82, 2.24) is 0 Å². The number of amidine groups is 1. The van der Waals surface area contributed by atoms with Crippen LogP contribution >= 0.6 is 11.8 Å². The number of amides is 1. The summed E-state index contributed by atoms with van der Waals surface area (Å²) >= 11 is 1.53. The van der Waals surface area contributed by atoms with Crippen molar-refractivity contribution < 1.29 is 19.1 Å². The smallest absolute Gasteiger partial charge is 0.414 e. The molecule has 3 rings (SSSR count). The average Bonchev–Trinajstić information content (AvgIpc) is 3.09. The average molecular weight is 399 g/mol. The molecule has 1 fully saturated rings. The van der Waals surface area contributed by atoms with E-state index in [9.17, 15) is 9.59 Å². The van der Waals surface area contributed by atoms with Crippen molar-refractivity contribution in [2.75, 3.05) is 18.6 Å². The number of nitrogens with one attached hydrogen (secondary N) is 1. The van der Waals surface area contributed by atoms with Gasteiger partial charge in [0.15, 0.2) is 0 Å². The Kier molecular flexibility index (Phi) is 5.89. The minimum Gasteiger partial charge on any atom is -0.465 e. The second kappa shape index (κ2) is 8.35. The first-order chi connectivity index (χ1) is 13.4. The van der Waals surface area contributed by atoms with Crippen molar-refractivity contribution in [3.63, 3.8) is 0 Å². The van der Waals surface area contributed by atoms with Crippen molar-refractivity contribution >= 4 is 35.3 Å². The fourth-order valence-corrected chi connectivity index (χ4v) is 3.94. The lowest BCUT2D eigenvalue weighted by Crippen LogP contribution is -2.27. The number of thioether (sulfide) groups is 1. The van der Waals surface area contributed by atoms with E-state index in [1.807, 2.05) is 13.0 Å². The molecule has 1 aliphatic heterocycles. The zero-order valence-electron chi connectivity index (χ0n) is 15.5. The maximum absolute atomic E-state index is 12.3. The molecule has 1 amide bonds. The van der Waals surface area contributed by atoms with Crippen LogP contribution in [-0.2, 0) is 9.47 Å². The Morgan fingerprint density at radius 2 is 2.00 bits per heavy atom. The molecule has 146 valence electrons. The molecule has 0 bridgehead atoms. The third-order valence-electron chi connectivity index (χ3n) is 4.43. The van der Waals surface area contributed by atoms with Crippen LogP contribution in [0.2, 0.25) is 0 Å². The highest BCUT2D eigenvalue weighted by atomic mass is 32.2. The highest BCUT2D eigenvalue weighted by Gasteiger charge is 2.36. The number of nitrogens with zero attached hydrogens (tertiary/aromatic N) is 1. The van der Waals surface area contributed by atoms with E-state index in [4.69, 9.17) is 20.6 Å². The van der Waals surface area contributed by atoms with Gasteiger partial charge in [-0.2, -0.15) is 0 Å². The number of anilines is 1. The summed E-state index contributed by atoms with van der Waals surface area (Å²) in [6.45, 7) is 2.40. The van der Waals surface area contributed by atoms with E-state index in [1.54, 1.807) is 47.4 Å². The summed E-state index contributed by atoms with van der Waals surface area (Å²) in [4.78, 5) is 26.5. The standard InChI is InChI=1S/C20H21N3O4S/c1-12(28-16-5-3-4-14(10-16)19(24)26-2)17-11-23(20(25)27-17)15-8-6-13(7-9-15)18(21)22/h3-10,12,17H,11H2,1-2H3,(H3,21,22). The number of hydrogen-bond acceptors (Lipinski definition) is 6. The second-order valence-corrected chi connectivity index (χ2v) is 7.79. The Morgan fingerprint density at radius 1 is 1.29 bits per heavy atom. The molecule has 1 aliphatic rings. The Hall–Kier alpha value is -3.00. The number of carbonyl (C=O) groups is 2. The van der Waals surface area contributed by atoms with E-state index in [-0.39, 0.29) is 23.2 Å². The Bertz CT molecular complexity index is 901. The maximum atomic E-state index is 12.3. The summed E-state index contributed by atoms with van der Waals surface area (Å²) < 4.78 is 10.3. The van der Waals surface area contributed by atoms with Crippen molar-refractivity contribution in [3.8, 4) is 0 Å². The first-order valence-electron chi connectivity index (χ1n) is 8.66. The molecule has 0 aromatic heterocycles. The zero-order valence-corrected chi connectivity index (χ0v) is 16.4. The first kappa shape index (κ1) is 19.8. The quantitative estimate of drug-likeness (QED) is 0.334. The minimum atomic E-state index is -0.406. The molecule has 2 aromatic rings. The van der Waals surface area contributed by atoms with Gasteiger partial charge >= 0.3 is 12.1 Å². The van der Waals surface area contributed by atoms with Crippen molar-refractivity contribution in [2.45, 2.75) is 23.2 Å². The number of nitrogens with two attached hydrogens (primary N) is 1. The predicted molar refractivity (Wildman–Crippen MR) is 108 cm³/mol. The molecule has 8 heteroatoms. The highest BCUT2D eigenvalue weighted by Crippen LogP contribution is 2.31. The van der Waals surface area contributed by atoms with Gasteiger partial charge < -0.3 is 15.2 Å². The molecule has 1 heterocycles. The molecule has 28 heavy (non-hydrogen) atoms. The van der Waals surface area contributed by atoms with Crippen LogP contribution in [0.15, 0.2) is 53.4 Å². The molecule has 7 nitrogen and oxygen atoms in total. The number of esters is 1. The van der Waals surface area contributed by atoms with Gasteiger partial charge in [-0.05, 0) is 49.4 Å². The fraction of sp³-hybridized carbons (Fsp3) is 0.250. The highest BCUT2D eigenvalue weighted by molar-refractivity contribution is 8.00. The monoisotopic (exact) mass is 399 g/mol. The fourth-order valence-electron chi connectivity index (χ4n) is 2.87. The van der Waals surface area contributed by atoms with Gasteiger partial charge in [-0.3, -0.25) is 10.3 Å². The molecular formula is C20H21N3O4S. The van der Waals surface area contributed by atoms with Gasteiger partial charge in [0.25, 0.3) is 0 Å². The normalized spacial score (nSPS) is 17.1. The van der Waals surface area contributed by atoms with Gasteiger partial charge in [0.05, 0.1) is 19.2 Å². The maximum Gasteiger partial charge on any atom is 0.414 e. The number of cyclic esters (lactones) is 1. The summed E-state index contributed by atoms with van der Waals surface area (Å²) in [5.74, 6) is -0.407. The molecule has 2 unspecified atom stereocenters. The number of nitrogen functional groups attached to an aromatic ring is 1. The van der Waals surface area contributed by atoms with Crippen LogP contribution < -0.4 is 10.6 Å². The number of ether oxygens (including phenoxy) is 2. The summed E-state index contributed by atoms with van der Waals surface area (Å²) in [5.41, 5.74) is 7.24. The molecule has 2 atom stereocenters. The number of methoxy groups -OCH3 is 1. The van der Waals surface area contributed by atoms with Gasteiger partial charge in [-0.15, -0.1) is 11.8 Å². The van der Waals surface area contributed by atoms with Crippen LogP contribution in [0.25, 0.3) is 0 Å². The van der Waals surface area contributed by atoms with Crippen LogP contribution in [0.5, 0.6) is 0 Å². The number of rotatable bonds is 6. The molecule has 3 N–H and O–H groups in total. The number of benzene rings is 2. The van der Waals surface area contributed by atoms with Crippen molar-refractivity contribution in [1.29, 1.82) is 5.41 Å². The van der Waals surface area contributed by atoms with Crippen molar-refractivity contribution in [2.24, 2.45) is 5.73 Å². The number of carbonyl (C=O) groups excluding carboxylic acids is 2. The third-order valence-corrected chi connectivity index (χ3v) is 5.63. The Morgan fingerprint density at radius 3 is 2.64 bits per heavy atom. The largest absolute Gasteiger partial charge is 0.465 e. The van der Waals surface area contributed by atoms with E-state index in [1.165, 1.54) is 18.9 Å². The predicted octanol–water partition coefficient (Wildman–Crippen LogP) is 3.26. The third kappa shape index (κ3) is 4.28. The van der Waals surface area contributed by atoms with Gasteiger partial charge in [-0.25, -0.2) is 9.59 Å². The second-order valence-electron chi connectivity index (χ2n) is 6.34. The zero-order chi connectivity index (χ0) is 20.3. The first-order valence-corrected chi connectivity index (χ1v) is 9.54. The molecule has 2 aromatic carbocycles. The SMILES string of the molecule is COC(=O)c1cccc(SC(C)C2CN(c3ccc(C(=N)N)cc3)C(=O)O2)c1. The summed E-state index contributed by atoms with van der Waals surface area (Å²) in [6.07, 6.45) is -0.705. The molecule has 0 radical (unpaired) electrons. The van der Waals surface area contributed by atoms with Gasteiger partial charge in [0.1, 0.15) is 11.9 Å². The molecular weight excluding hydrogens is 378 g/mol. The molecule has 1 saturated heterocycles. The Balaban J connectivity index is 1.67. The lowest BCUT2D eigenvalue weighted by molar-refractivity contribution is 0.0600. The van der Waals surface area contributed by atoms with Crippen LogP contribution in [-0.4, -0.2) is 42.9 Å². The van der Waals surface area contributed by atoms with E-state index >= 15 is 0 Å². The van der Waals surface area contributed by atoms with Gasteiger partial charge in [0, 0.05) is 21.4 Å². The summed E-state index contributed by atoms with van der Waals surface area (Å²) in [7, 11) is 1.35. The van der Waals surface area contributed by atoms with Crippen LogP contribution in [0.1, 0.15) is 22.8 Å². The van der Waals surface area contributed by atoms with Crippen LogP contribution in [0, 0.1) is 5.41 Å². The summed E-state index contributed by atoms with van der Waals surface area (Å²) in [6, 6.07) is 14.1.